The molecule has 0 bridgehead atoms. The first kappa shape index (κ1) is 15.0. The molecule has 0 saturated carbocycles. The van der Waals surface area contributed by atoms with Gasteiger partial charge in [0.05, 0.1) is 6.21 Å². The molecule has 0 spiro atoms. The van der Waals surface area contributed by atoms with Crippen LogP contribution in [-0.2, 0) is 4.79 Å². The summed E-state index contributed by atoms with van der Waals surface area (Å²) in [7, 11) is 0. The summed E-state index contributed by atoms with van der Waals surface area (Å²) < 4.78 is 9.31. The van der Waals surface area contributed by atoms with Gasteiger partial charge in [-0.3, -0.25) is 4.79 Å². The van der Waals surface area contributed by atoms with Crippen LogP contribution >= 0.6 is 0 Å². The summed E-state index contributed by atoms with van der Waals surface area (Å²) in [4.78, 5) is 22.0. The number of carboxylic acids is 1. The van der Waals surface area contributed by atoms with E-state index in [1.807, 2.05) is 0 Å². The van der Waals surface area contributed by atoms with Crippen molar-refractivity contribution >= 4 is 23.9 Å². The van der Waals surface area contributed by atoms with E-state index in [-0.39, 0.29) is 11.5 Å². The maximum absolute atomic E-state index is 11.6. The van der Waals surface area contributed by atoms with Gasteiger partial charge in [-0.2, -0.15) is 5.10 Å². The molecule has 2 aromatic rings. The van der Waals surface area contributed by atoms with Crippen LogP contribution in [0.5, 0.6) is 5.75 Å². The number of anilines is 1. The van der Waals surface area contributed by atoms with Crippen LogP contribution in [0.3, 0.4) is 0 Å². The Bertz CT molecular complexity index is 711. The molecule has 1 aromatic carbocycles. The first-order chi connectivity index (χ1) is 10.6. The molecule has 0 saturated heterocycles. The van der Waals surface area contributed by atoms with Crippen molar-refractivity contribution in [3.8, 4) is 5.75 Å². The minimum absolute atomic E-state index is 0.142. The standard InChI is InChI=1S/C12H11N5O5/c13-11-10(16-22-17-11)12(20)15-14-5-7-2-1-3-8(4-7)21-6-9(18)19/h1-5H,6H2,(H2,13,17)(H,15,20)(H,18,19)/b14-5-. The molecular formula is C12H11N5O5. The zero-order valence-electron chi connectivity index (χ0n) is 11.1. The molecule has 1 aromatic heterocycles. The van der Waals surface area contributed by atoms with E-state index in [0.717, 1.165) is 0 Å². The van der Waals surface area contributed by atoms with Gasteiger partial charge < -0.3 is 15.6 Å². The van der Waals surface area contributed by atoms with Crippen molar-refractivity contribution in [3.63, 3.8) is 0 Å². The number of nitrogens with one attached hydrogen (secondary N) is 1. The number of carbonyl (C=O) groups excluding carboxylic acids is 1. The average molecular weight is 305 g/mol. The molecule has 0 unspecified atom stereocenters. The molecular weight excluding hydrogens is 294 g/mol. The fourth-order valence-electron chi connectivity index (χ4n) is 1.40. The zero-order chi connectivity index (χ0) is 15.9. The number of aromatic nitrogens is 2. The number of rotatable bonds is 6. The molecule has 0 aliphatic rings. The van der Waals surface area contributed by atoms with E-state index >= 15 is 0 Å². The summed E-state index contributed by atoms with van der Waals surface area (Å²) in [6.45, 7) is -0.449. The topological polar surface area (TPSA) is 153 Å². The highest BCUT2D eigenvalue weighted by Crippen LogP contribution is 2.11. The lowest BCUT2D eigenvalue weighted by Gasteiger charge is -2.03. The molecule has 0 atom stereocenters. The molecule has 2 rings (SSSR count). The Morgan fingerprint density at radius 1 is 1.45 bits per heavy atom. The number of hydrogen-bond acceptors (Lipinski definition) is 8. The number of hydrogen-bond donors (Lipinski definition) is 3. The van der Waals surface area contributed by atoms with E-state index < -0.39 is 18.5 Å². The second-order valence-corrected chi connectivity index (χ2v) is 3.95. The smallest absolute Gasteiger partial charge is 0.341 e. The lowest BCUT2D eigenvalue weighted by atomic mass is 10.2. The Morgan fingerprint density at radius 3 is 2.95 bits per heavy atom. The summed E-state index contributed by atoms with van der Waals surface area (Å²) in [5.74, 6) is -1.53. The minimum atomic E-state index is -1.08. The van der Waals surface area contributed by atoms with Gasteiger partial charge in [-0.25, -0.2) is 14.8 Å². The van der Waals surface area contributed by atoms with Crippen LogP contribution in [0, 0.1) is 0 Å². The molecule has 0 aliphatic heterocycles. The Kier molecular flexibility index (Phi) is 4.65. The number of nitrogen functional groups attached to an aromatic ring is 1. The van der Waals surface area contributed by atoms with Crippen LogP contribution in [0.2, 0.25) is 0 Å². The van der Waals surface area contributed by atoms with Crippen LogP contribution in [0.25, 0.3) is 0 Å². The summed E-state index contributed by atoms with van der Waals surface area (Å²) in [5, 5.41) is 18.8. The van der Waals surface area contributed by atoms with E-state index in [1.54, 1.807) is 24.3 Å². The monoisotopic (exact) mass is 305 g/mol. The number of carboxylic acid groups (broad SMARTS) is 1. The van der Waals surface area contributed by atoms with Crippen molar-refractivity contribution in [1.82, 2.24) is 15.7 Å². The van der Waals surface area contributed by atoms with Gasteiger partial charge in [0.25, 0.3) is 5.91 Å². The van der Waals surface area contributed by atoms with E-state index in [0.29, 0.717) is 11.3 Å². The second kappa shape index (κ2) is 6.83. The Balaban J connectivity index is 1.95. The minimum Gasteiger partial charge on any atom is -0.482 e. The van der Waals surface area contributed by atoms with Crippen LogP contribution in [-0.4, -0.2) is 40.1 Å². The van der Waals surface area contributed by atoms with E-state index in [9.17, 15) is 9.59 Å². The SMILES string of the molecule is Nc1nonc1C(=O)N/N=C\c1cccc(OCC(=O)O)c1. The van der Waals surface area contributed by atoms with Gasteiger partial charge in [0.1, 0.15) is 5.75 Å². The lowest BCUT2D eigenvalue weighted by Crippen LogP contribution is -2.19. The maximum Gasteiger partial charge on any atom is 0.341 e. The third-order valence-corrected chi connectivity index (χ3v) is 2.33. The zero-order valence-corrected chi connectivity index (χ0v) is 11.1. The van der Waals surface area contributed by atoms with E-state index in [1.165, 1.54) is 6.21 Å². The van der Waals surface area contributed by atoms with Crippen LogP contribution in [0.4, 0.5) is 5.82 Å². The van der Waals surface area contributed by atoms with Crippen LogP contribution in [0.15, 0.2) is 34.0 Å². The fourth-order valence-corrected chi connectivity index (χ4v) is 1.40. The third kappa shape index (κ3) is 4.03. The molecule has 0 fully saturated rings. The van der Waals surface area contributed by atoms with Crippen molar-refractivity contribution in [3.05, 3.63) is 35.5 Å². The van der Waals surface area contributed by atoms with E-state index in [2.05, 4.69) is 25.5 Å². The molecule has 1 heterocycles. The quantitative estimate of drug-likeness (QED) is 0.493. The first-order valence-electron chi connectivity index (χ1n) is 5.92. The highest BCUT2D eigenvalue weighted by Gasteiger charge is 2.14. The second-order valence-electron chi connectivity index (χ2n) is 3.95. The van der Waals surface area contributed by atoms with Gasteiger partial charge in [0, 0.05) is 0 Å². The molecule has 22 heavy (non-hydrogen) atoms. The lowest BCUT2D eigenvalue weighted by molar-refractivity contribution is -0.139. The molecule has 4 N–H and O–H groups in total. The number of ether oxygens (including phenoxy) is 1. The number of hydrazone groups is 1. The van der Waals surface area contributed by atoms with Crippen molar-refractivity contribution in [2.75, 3.05) is 12.3 Å². The van der Waals surface area contributed by atoms with Crippen molar-refractivity contribution in [2.45, 2.75) is 0 Å². The number of carbonyl (C=O) groups is 2. The van der Waals surface area contributed by atoms with Gasteiger partial charge in [-0.1, -0.05) is 12.1 Å². The van der Waals surface area contributed by atoms with Gasteiger partial charge >= 0.3 is 5.97 Å². The highest BCUT2D eigenvalue weighted by molar-refractivity contribution is 5.96. The fraction of sp³-hybridized carbons (Fsp3) is 0.0833. The summed E-state index contributed by atoms with van der Waals surface area (Å²) in [6.07, 6.45) is 1.34. The van der Waals surface area contributed by atoms with Crippen LogP contribution in [0.1, 0.15) is 16.1 Å². The number of amides is 1. The molecule has 0 aliphatic carbocycles. The van der Waals surface area contributed by atoms with Gasteiger partial charge in [-0.15, -0.1) is 0 Å². The van der Waals surface area contributed by atoms with Gasteiger partial charge in [0.15, 0.2) is 6.61 Å². The summed E-state index contributed by atoms with van der Waals surface area (Å²) in [5.41, 5.74) is 7.98. The highest BCUT2D eigenvalue weighted by atomic mass is 16.6. The number of nitrogens with two attached hydrogens (primary N) is 1. The number of nitrogens with zero attached hydrogens (tertiary/aromatic N) is 3. The van der Waals surface area contributed by atoms with E-state index in [4.69, 9.17) is 15.6 Å². The number of benzene rings is 1. The van der Waals surface area contributed by atoms with Crippen LogP contribution < -0.4 is 15.9 Å². The normalized spacial score (nSPS) is 10.5. The average Bonchev–Trinajstić information content (AvgIpc) is 2.92. The Hall–Kier alpha value is -3.43. The first-order valence-corrected chi connectivity index (χ1v) is 5.92. The van der Waals surface area contributed by atoms with Crippen molar-refractivity contribution < 1.29 is 24.1 Å². The summed E-state index contributed by atoms with van der Waals surface area (Å²) >= 11 is 0. The van der Waals surface area contributed by atoms with Gasteiger partial charge in [-0.05, 0) is 28.0 Å². The maximum atomic E-state index is 11.6. The van der Waals surface area contributed by atoms with Crippen molar-refractivity contribution in [2.24, 2.45) is 5.10 Å². The Morgan fingerprint density at radius 2 is 2.27 bits per heavy atom. The molecule has 10 nitrogen and oxygen atoms in total. The molecule has 0 radical (unpaired) electrons. The predicted octanol–water partition coefficient (Wildman–Crippen LogP) is -0.121. The summed E-state index contributed by atoms with van der Waals surface area (Å²) in [6, 6.07) is 6.50. The van der Waals surface area contributed by atoms with Gasteiger partial charge in [0.2, 0.25) is 11.5 Å². The van der Waals surface area contributed by atoms with Crippen molar-refractivity contribution in [1.29, 1.82) is 0 Å². The number of aliphatic carboxylic acids is 1. The molecule has 1 amide bonds. The molecule has 10 heteroatoms. The predicted molar refractivity (Wildman–Crippen MR) is 73.3 cm³/mol. The largest absolute Gasteiger partial charge is 0.482 e. The third-order valence-electron chi connectivity index (χ3n) is 2.33. The molecule has 114 valence electrons. The Labute approximate surface area is 123 Å².